The van der Waals surface area contributed by atoms with E-state index in [-0.39, 0.29) is 11.7 Å². The summed E-state index contributed by atoms with van der Waals surface area (Å²) in [7, 11) is 0. The largest absolute Gasteiger partial charge is 0.365 e. The van der Waals surface area contributed by atoms with Crippen molar-refractivity contribution in [3.8, 4) is 0 Å². The summed E-state index contributed by atoms with van der Waals surface area (Å²) in [6.07, 6.45) is 5.15. The Balaban J connectivity index is 1.52. The van der Waals surface area contributed by atoms with Crippen LogP contribution >= 0.6 is 0 Å². The lowest BCUT2D eigenvalue weighted by atomic mass is 9.94. The summed E-state index contributed by atoms with van der Waals surface area (Å²) >= 11 is 0. The molecule has 1 aromatic heterocycles. The van der Waals surface area contributed by atoms with Crippen molar-refractivity contribution in [1.82, 2.24) is 4.57 Å². The average molecular weight is 477 g/mol. The topological polar surface area (TPSA) is 60.7 Å². The molecule has 5 nitrogen and oxygen atoms in total. The van der Waals surface area contributed by atoms with Crippen LogP contribution in [-0.2, 0) is 11.4 Å². The third kappa shape index (κ3) is 4.29. The summed E-state index contributed by atoms with van der Waals surface area (Å²) in [6, 6.07) is 22.5. The maximum atomic E-state index is 13.3. The Labute approximate surface area is 210 Å². The molecule has 0 saturated heterocycles. The van der Waals surface area contributed by atoms with Crippen molar-refractivity contribution >= 4 is 40.5 Å². The van der Waals surface area contributed by atoms with Crippen molar-refractivity contribution in [2.75, 3.05) is 0 Å². The fraction of sp³-hybridized carbons (Fsp3) is 0.194. The Kier molecular flexibility index (Phi) is 6.38. The predicted octanol–water partition coefficient (Wildman–Crippen LogP) is 5.01. The number of hydrogen-bond acceptors (Lipinski definition) is 4. The van der Waals surface area contributed by atoms with E-state index in [4.69, 9.17) is 4.84 Å². The number of aryl methyl sites for hydroxylation is 2. The lowest BCUT2D eigenvalue weighted by Gasteiger charge is -2.13. The van der Waals surface area contributed by atoms with Gasteiger partial charge in [0.2, 0.25) is 0 Å². The fourth-order valence-electron chi connectivity index (χ4n) is 4.87. The minimum atomic E-state index is -0.475. The highest BCUT2D eigenvalue weighted by atomic mass is 16.7. The molecule has 1 atom stereocenters. The van der Waals surface area contributed by atoms with Gasteiger partial charge in [-0.2, -0.15) is 0 Å². The molecule has 0 spiro atoms. The van der Waals surface area contributed by atoms with Crippen molar-refractivity contribution < 1.29 is 14.4 Å². The van der Waals surface area contributed by atoms with Gasteiger partial charge in [0, 0.05) is 45.1 Å². The maximum absolute atomic E-state index is 13.3. The molecule has 1 aliphatic rings. The van der Waals surface area contributed by atoms with Crippen LogP contribution in [0.2, 0.25) is 0 Å². The van der Waals surface area contributed by atoms with Crippen molar-refractivity contribution in [2.24, 2.45) is 11.1 Å². The highest BCUT2D eigenvalue weighted by Gasteiger charge is 2.19. The Bertz CT molecular complexity index is 1630. The molecule has 5 rings (SSSR count). The monoisotopic (exact) mass is 476 g/mol. The third-order valence-corrected chi connectivity index (χ3v) is 6.86. The van der Waals surface area contributed by atoms with Crippen LogP contribution in [0, 0.1) is 12.8 Å². The smallest absolute Gasteiger partial charge is 0.341 e. The molecule has 1 heterocycles. The molecular weight excluding hydrogens is 448 g/mol. The summed E-state index contributed by atoms with van der Waals surface area (Å²) in [4.78, 5) is 30.8. The number of benzene rings is 3. The average Bonchev–Trinajstić information content (AvgIpc) is 3.24. The van der Waals surface area contributed by atoms with Gasteiger partial charge in [-0.1, -0.05) is 59.8 Å². The first kappa shape index (κ1) is 23.5. The lowest BCUT2D eigenvalue weighted by molar-refractivity contribution is 0.0514. The van der Waals surface area contributed by atoms with Gasteiger partial charge in [-0.25, -0.2) is 4.79 Å². The molecule has 0 N–H and O–H groups in total. The van der Waals surface area contributed by atoms with Crippen LogP contribution in [0.1, 0.15) is 52.1 Å². The van der Waals surface area contributed by atoms with Crippen LogP contribution < -0.4 is 10.6 Å². The zero-order chi connectivity index (χ0) is 25.2. The molecule has 5 heteroatoms. The van der Waals surface area contributed by atoms with E-state index < -0.39 is 5.97 Å². The van der Waals surface area contributed by atoms with Crippen molar-refractivity contribution in [1.29, 1.82) is 0 Å². The first-order valence-electron chi connectivity index (χ1n) is 12.2. The number of aromatic nitrogens is 1. The first-order valence-corrected chi connectivity index (χ1v) is 12.2. The zero-order valence-electron chi connectivity index (χ0n) is 20.7. The molecule has 0 radical (unpaired) electrons. The van der Waals surface area contributed by atoms with Crippen LogP contribution in [0.3, 0.4) is 0 Å². The molecule has 3 aromatic carbocycles. The van der Waals surface area contributed by atoms with E-state index in [1.165, 1.54) is 0 Å². The van der Waals surface area contributed by atoms with Gasteiger partial charge in [-0.05, 0) is 63.1 Å². The number of hydrogen-bond donors (Lipinski definition) is 0. The van der Waals surface area contributed by atoms with Gasteiger partial charge in [0.05, 0.1) is 11.3 Å². The molecule has 0 saturated carbocycles. The number of carbonyl (C=O) groups excluding carboxylic acids is 2. The number of fused-ring (bicyclic) bond motifs is 3. The zero-order valence-corrected chi connectivity index (χ0v) is 20.7. The van der Waals surface area contributed by atoms with Crippen molar-refractivity contribution in [3.05, 3.63) is 106 Å². The van der Waals surface area contributed by atoms with Gasteiger partial charge in [0.25, 0.3) is 0 Å². The van der Waals surface area contributed by atoms with Gasteiger partial charge in [0.15, 0.2) is 5.78 Å². The highest BCUT2D eigenvalue weighted by molar-refractivity contribution is 6.11. The van der Waals surface area contributed by atoms with E-state index in [1.54, 1.807) is 24.3 Å². The summed E-state index contributed by atoms with van der Waals surface area (Å²) in [5, 5.41) is 7.44. The maximum Gasteiger partial charge on any atom is 0.365 e. The van der Waals surface area contributed by atoms with Crippen molar-refractivity contribution in [2.45, 2.75) is 33.7 Å². The molecule has 1 unspecified atom stereocenters. The normalized spacial score (nSPS) is 15.1. The second-order valence-electron chi connectivity index (χ2n) is 9.11. The van der Waals surface area contributed by atoms with Crippen molar-refractivity contribution in [3.63, 3.8) is 0 Å². The first-order chi connectivity index (χ1) is 17.5. The summed E-state index contributed by atoms with van der Waals surface area (Å²) in [5.41, 5.74) is 4.65. The Morgan fingerprint density at radius 3 is 2.50 bits per heavy atom. The quantitative estimate of drug-likeness (QED) is 0.170. The molecule has 180 valence electrons. The molecule has 1 aliphatic carbocycles. The Morgan fingerprint density at radius 1 is 1.00 bits per heavy atom. The van der Waals surface area contributed by atoms with Crippen LogP contribution in [0.15, 0.2) is 78.0 Å². The van der Waals surface area contributed by atoms with Gasteiger partial charge >= 0.3 is 5.97 Å². The lowest BCUT2D eigenvalue weighted by Crippen LogP contribution is -2.33. The molecule has 0 aliphatic heterocycles. The predicted molar refractivity (Wildman–Crippen MR) is 143 cm³/mol. The molecular formula is C31H28N2O3. The second-order valence-corrected chi connectivity index (χ2v) is 9.11. The van der Waals surface area contributed by atoms with Crippen LogP contribution in [-0.4, -0.2) is 22.0 Å². The molecule has 4 aromatic rings. The molecule has 0 amide bonds. The number of rotatable bonds is 6. The molecule has 0 bridgehead atoms. The van der Waals surface area contributed by atoms with E-state index in [9.17, 15) is 9.59 Å². The van der Waals surface area contributed by atoms with E-state index in [0.717, 1.165) is 51.3 Å². The van der Waals surface area contributed by atoms with E-state index in [0.29, 0.717) is 11.1 Å². The Hall–Kier alpha value is -4.25. The van der Waals surface area contributed by atoms with Gasteiger partial charge in [-0.15, -0.1) is 0 Å². The van der Waals surface area contributed by atoms with E-state index in [2.05, 4.69) is 28.8 Å². The number of oxime groups is 1. The number of carbonyl (C=O) groups is 2. The summed E-state index contributed by atoms with van der Waals surface area (Å²) < 4.78 is 2.28. The standard InChI is InChI=1S/C31H28N2O3/c1-4-33-28-16-14-23(21(3)32-36-31(35)22-11-6-5-7-12-22)18-26(28)27-19-24(15-17-29(27)33)30(34)25-13-9-8-10-20(25)2/h5-13,15-19,23H,4,14H2,1-3H3. The second kappa shape index (κ2) is 9.78. The number of ketones is 1. The van der Waals surface area contributed by atoms with E-state index >= 15 is 0 Å². The van der Waals surface area contributed by atoms with Gasteiger partial charge in [-0.3, -0.25) is 4.79 Å². The van der Waals surface area contributed by atoms with Gasteiger partial charge in [0.1, 0.15) is 0 Å². The number of nitrogens with zero attached hydrogens (tertiary/aromatic N) is 2. The minimum Gasteiger partial charge on any atom is -0.341 e. The van der Waals surface area contributed by atoms with E-state index in [1.807, 2.05) is 62.4 Å². The van der Waals surface area contributed by atoms with Gasteiger partial charge < -0.3 is 9.40 Å². The Morgan fingerprint density at radius 2 is 1.75 bits per heavy atom. The van der Waals surface area contributed by atoms with Crippen LogP contribution in [0.5, 0.6) is 0 Å². The molecule has 36 heavy (non-hydrogen) atoms. The molecule has 0 fully saturated rings. The summed E-state index contributed by atoms with van der Waals surface area (Å²) in [5.74, 6) is -0.458. The SMILES string of the molecule is CCn1c2c(c3cc(C(=O)c4ccccc4C)ccc31)=CC(C(C)=NOC(=O)c1ccccc1)CC=2. The third-order valence-electron chi connectivity index (χ3n) is 6.86. The summed E-state index contributed by atoms with van der Waals surface area (Å²) in [6.45, 7) is 6.79. The van der Waals surface area contributed by atoms with Crippen LogP contribution in [0.25, 0.3) is 23.1 Å². The fourth-order valence-corrected chi connectivity index (χ4v) is 4.87. The minimum absolute atomic E-state index is 0.00675. The van der Waals surface area contributed by atoms with Crippen LogP contribution in [0.4, 0.5) is 0 Å². The highest BCUT2D eigenvalue weighted by Crippen LogP contribution is 2.20.